The summed E-state index contributed by atoms with van der Waals surface area (Å²) in [5.41, 5.74) is 0.466. The Hall–Kier alpha value is -2.97. The summed E-state index contributed by atoms with van der Waals surface area (Å²) >= 11 is 0. The third-order valence-corrected chi connectivity index (χ3v) is 2.05. The van der Waals surface area contributed by atoms with E-state index in [-0.39, 0.29) is 12.2 Å². The van der Waals surface area contributed by atoms with Crippen molar-refractivity contribution in [3.8, 4) is 29.7 Å². The average molecular weight is 239 g/mol. The van der Waals surface area contributed by atoms with Crippen LogP contribution in [0, 0.1) is 34.0 Å². The number of ether oxygens (including phenoxy) is 2. The van der Waals surface area contributed by atoms with E-state index in [9.17, 15) is 0 Å². The first kappa shape index (κ1) is 13.1. The summed E-state index contributed by atoms with van der Waals surface area (Å²) in [5, 5.41) is 26.0. The van der Waals surface area contributed by atoms with Crippen LogP contribution in [0.3, 0.4) is 0 Å². The van der Waals surface area contributed by atoms with Crippen molar-refractivity contribution in [1.82, 2.24) is 0 Å². The maximum Gasteiger partial charge on any atom is 0.174 e. The number of hydrogen-bond acceptors (Lipinski definition) is 5. The van der Waals surface area contributed by atoms with E-state index in [1.807, 2.05) is 6.07 Å². The summed E-state index contributed by atoms with van der Waals surface area (Å²) in [7, 11) is 1.47. The number of rotatable bonds is 4. The monoisotopic (exact) mass is 239 g/mol. The van der Waals surface area contributed by atoms with Gasteiger partial charge in [0.25, 0.3) is 0 Å². The summed E-state index contributed by atoms with van der Waals surface area (Å²) in [4.78, 5) is 0. The van der Waals surface area contributed by atoms with Crippen molar-refractivity contribution >= 4 is 6.08 Å². The SMILES string of the molecule is COc1cccc(C=C(C#N)C#N)c1OCC#N. The van der Waals surface area contributed by atoms with E-state index in [1.165, 1.54) is 13.2 Å². The molecule has 0 atom stereocenters. The zero-order valence-corrected chi connectivity index (χ0v) is 9.67. The summed E-state index contributed by atoms with van der Waals surface area (Å²) in [6.07, 6.45) is 1.38. The number of benzene rings is 1. The molecule has 5 nitrogen and oxygen atoms in total. The van der Waals surface area contributed by atoms with E-state index in [0.717, 1.165) is 0 Å². The molecule has 0 fully saturated rings. The number of nitrogens with zero attached hydrogens (tertiary/aromatic N) is 3. The molecular weight excluding hydrogens is 230 g/mol. The van der Waals surface area contributed by atoms with Crippen LogP contribution in [0.25, 0.3) is 6.08 Å². The predicted molar refractivity (Wildman–Crippen MR) is 63.3 cm³/mol. The topological polar surface area (TPSA) is 89.8 Å². The lowest BCUT2D eigenvalue weighted by Crippen LogP contribution is -1.98. The van der Waals surface area contributed by atoms with Gasteiger partial charge in [-0.25, -0.2) is 0 Å². The molecule has 0 amide bonds. The van der Waals surface area contributed by atoms with Gasteiger partial charge in [-0.05, 0) is 12.1 Å². The van der Waals surface area contributed by atoms with Crippen LogP contribution in [0.2, 0.25) is 0 Å². The maximum atomic E-state index is 8.72. The highest BCUT2D eigenvalue weighted by Gasteiger charge is 2.09. The molecule has 0 saturated heterocycles. The molecule has 0 heterocycles. The van der Waals surface area contributed by atoms with E-state index >= 15 is 0 Å². The fraction of sp³-hybridized carbons (Fsp3) is 0.154. The largest absolute Gasteiger partial charge is 0.493 e. The van der Waals surface area contributed by atoms with Gasteiger partial charge in [0.05, 0.1) is 7.11 Å². The van der Waals surface area contributed by atoms with Crippen molar-refractivity contribution in [1.29, 1.82) is 15.8 Å². The first-order valence-corrected chi connectivity index (χ1v) is 4.95. The molecule has 1 aromatic carbocycles. The van der Waals surface area contributed by atoms with Crippen LogP contribution in [0.15, 0.2) is 23.8 Å². The Kier molecular flexibility index (Phi) is 4.79. The third-order valence-electron chi connectivity index (χ3n) is 2.05. The van der Waals surface area contributed by atoms with E-state index in [1.54, 1.807) is 30.3 Å². The maximum absolute atomic E-state index is 8.72. The number of allylic oxidation sites excluding steroid dienone is 1. The highest BCUT2D eigenvalue weighted by Crippen LogP contribution is 2.32. The predicted octanol–water partition coefficient (Wildman–Crippen LogP) is 2.03. The van der Waals surface area contributed by atoms with Crippen LogP contribution < -0.4 is 9.47 Å². The van der Waals surface area contributed by atoms with Crippen LogP contribution in [-0.2, 0) is 0 Å². The van der Waals surface area contributed by atoms with Crippen LogP contribution in [0.1, 0.15) is 5.56 Å². The van der Waals surface area contributed by atoms with Crippen LogP contribution >= 0.6 is 0 Å². The van der Waals surface area contributed by atoms with Crippen molar-refractivity contribution in [3.05, 3.63) is 29.3 Å². The Morgan fingerprint density at radius 2 is 2.00 bits per heavy atom. The van der Waals surface area contributed by atoms with Gasteiger partial charge >= 0.3 is 0 Å². The van der Waals surface area contributed by atoms with Crippen LogP contribution in [-0.4, -0.2) is 13.7 Å². The number of methoxy groups -OCH3 is 1. The highest BCUT2D eigenvalue weighted by atomic mass is 16.5. The van der Waals surface area contributed by atoms with Gasteiger partial charge in [-0.3, -0.25) is 0 Å². The fourth-order valence-electron chi connectivity index (χ4n) is 1.31. The molecule has 0 N–H and O–H groups in total. The standard InChI is InChI=1S/C13H9N3O2/c1-17-12-4-2-3-11(7-10(8-15)9-16)13(12)18-6-5-14/h2-4,7H,6H2,1H3. The lowest BCUT2D eigenvalue weighted by Gasteiger charge is -2.10. The molecule has 0 spiro atoms. The zero-order chi connectivity index (χ0) is 13.4. The van der Waals surface area contributed by atoms with Gasteiger partial charge in [-0.2, -0.15) is 15.8 Å². The third kappa shape index (κ3) is 3.01. The van der Waals surface area contributed by atoms with E-state index in [0.29, 0.717) is 17.1 Å². The van der Waals surface area contributed by atoms with Crippen molar-refractivity contribution < 1.29 is 9.47 Å². The van der Waals surface area contributed by atoms with Gasteiger partial charge in [-0.15, -0.1) is 0 Å². The van der Waals surface area contributed by atoms with Gasteiger partial charge < -0.3 is 9.47 Å². The van der Waals surface area contributed by atoms with Gasteiger partial charge in [0.2, 0.25) is 0 Å². The number of nitriles is 3. The minimum Gasteiger partial charge on any atom is -0.493 e. The molecule has 5 heteroatoms. The number of para-hydroxylation sites is 1. The molecule has 0 aliphatic heterocycles. The van der Waals surface area contributed by atoms with E-state index < -0.39 is 0 Å². The van der Waals surface area contributed by atoms with Crippen molar-refractivity contribution in [2.24, 2.45) is 0 Å². The Balaban J connectivity index is 3.28. The molecule has 1 rings (SSSR count). The van der Waals surface area contributed by atoms with Crippen molar-refractivity contribution in [3.63, 3.8) is 0 Å². The second-order valence-electron chi connectivity index (χ2n) is 3.11. The Morgan fingerprint density at radius 3 is 2.56 bits per heavy atom. The minimum atomic E-state index is -0.143. The fourth-order valence-corrected chi connectivity index (χ4v) is 1.31. The molecule has 0 saturated carbocycles. The molecule has 18 heavy (non-hydrogen) atoms. The lowest BCUT2D eigenvalue weighted by molar-refractivity contribution is 0.329. The molecule has 0 bridgehead atoms. The van der Waals surface area contributed by atoms with Crippen molar-refractivity contribution in [2.75, 3.05) is 13.7 Å². The quantitative estimate of drug-likeness (QED) is 0.750. The molecular formula is C13H9N3O2. The second-order valence-corrected chi connectivity index (χ2v) is 3.11. The zero-order valence-electron chi connectivity index (χ0n) is 9.67. The first-order chi connectivity index (χ1) is 8.76. The van der Waals surface area contributed by atoms with Crippen LogP contribution in [0.5, 0.6) is 11.5 Å². The van der Waals surface area contributed by atoms with Gasteiger partial charge in [0.1, 0.15) is 23.8 Å². The summed E-state index contributed by atoms with van der Waals surface area (Å²) in [6, 6.07) is 10.4. The average Bonchev–Trinajstić information content (AvgIpc) is 2.42. The Labute approximate surface area is 105 Å². The van der Waals surface area contributed by atoms with Gasteiger partial charge in [-0.1, -0.05) is 12.1 Å². The normalized spacial score (nSPS) is 8.33. The van der Waals surface area contributed by atoms with Crippen LogP contribution in [0.4, 0.5) is 0 Å². The molecule has 1 aromatic rings. The van der Waals surface area contributed by atoms with Crippen molar-refractivity contribution in [2.45, 2.75) is 0 Å². The second kappa shape index (κ2) is 6.58. The molecule has 0 aliphatic carbocycles. The van der Waals surface area contributed by atoms with Gasteiger partial charge in [0, 0.05) is 5.56 Å². The molecule has 88 valence electrons. The summed E-state index contributed by atoms with van der Waals surface area (Å²) in [5.74, 6) is 0.777. The van der Waals surface area contributed by atoms with E-state index in [4.69, 9.17) is 25.3 Å². The summed E-state index contributed by atoms with van der Waals surface area (Å²) < 4.78 is 10.4. The Morgan fingerprint density at radius 1 is 1.28 bits per heavy atom. The molecule has 0 radical (unpaired) electrons. The van der Waals surface area contributed by atoms with E-state index in [2.05, 4.69) is 0 Å². The Bertz CT molecular complexity index is 570. The molecule has 0 aromatic heterocycles. The minimum absolute atomic E-state index is 0.0509. The molecule has 0 aliphatic rings. The smallest absolute Gasteiger partial charge is 0.174 e. The molecule has 0 unspecified atom stereocenters. The number of hydrogen-bond donors (Lipinski definition) is 0. The first-order valence-electron chi connectivity index (χ1n) is 4.95. The summed E-state index contributed by atoms with van der Waals surface area (Å²) in [6.45, 7) is -0.143. The van der Waals surface area contributed by atoms with Gasteiger partial charge in [0.15, 0.2) is 18.1 Å². The lowest BCUT2D eigenvalue weighted by atomic mass is 10.1. The highest BCUT2D eigenvalue weighted by molar-refractivity contribution is 5.69.